The van der Waals surface area contributed by atoms with Gasteiger partial charge in [-0.25, -0.2) is 15.0 Å². The highest BCUT2D eigenvalue weighted by Crippen LogP contribution is 2.26. The van der Waals surface area contributed by atoms with Crippen molar-refractivity contribution >= 4 is 46.8 Å². The van der Waals surface area contributed by atoms with Crippen LogP contribution in [0, 0.1) is 5.41 Å². The van der Waals surface area contributed by atoms with Crippen LogP contribution in [0.4, 0.5) is 34.6 Å². The van der Waals surface area contributed by atoms with Crippen LogP contribution in [-0.4, -0.2) is 65.6 Å². The molecule has 0 atom stereocenters. The van der Waals surface area contributed by atoms with Crippen LogP contribution in [0.3, 0.4) is 0 Å². The van der Waals surface area contributed by atoms with Crippen LogP contribution in [-0.2, 0) is 14.9 Å². The average Bonchev–Trinajstić information content (AvgIpc) is 3.50. The number of carbonyl (C=O) groups is 1. The van der Waals surface area contributed by atoms with Gasteiger partial charge in [-0.3, -0.25) is 10.2 Å². The van der Waals surface area contributed by atoms with Crippen LogP contribution < -0.4 is 26.6 Å². The molecule has 0 bridgehead atoms. The van der Waals surface area contributed by atoms with Crippen molar-refractivity contribution in [2.45, 2.75) is 26.2 Å². The number of ether oxygens (including phenoxy) is 1. The van der Waals surface area contributed by atoms with E-state index < -0.39 is 0 Å². The average molecular weight is 573 g/mol. The quantitative estimate of drug-likeness (QED) is 0.152. The van der Waals surface area contributed by atoms with Crippen molar-refractivity contribution in [3.63, 3.8) is 0 Å². The van der Waals surface area contributed by atoms with E-state index in [0.717, 1.165) is 36.2 Å². The number of pyridine rings is 1. The Morgan fingerprint density at radius 2 is 1.76 bits per heavy atom. The fourth-order valence-corrected chi connectivity index (χ4v) is 4.00. The summed E-state index contributed by atoms with van der Waals surface area (Å²) in [6, 6.07) is 12.7. The maximum absolute atomic E-state index is 10.6. The first-order chi connectivity index (χ1) is 20.2. The summed E-state index contributed by atoms with van der Waals surface area (Å²) >= 11 is 0. The standard InChI is InChI=1S/C21H22N8O2.C8H14N2O/c22-19(14-1-6-17(24-11-14)29-7-9-31-10-8-29)18-20(23)25-12-26-21(18)28-16-4-2-15(3-5-16)27-13-30;1-8(2,3)6-5-7(9-4)10-11-6/h1-6,11-13,22H,7-10H2,(H,27,30)(H3,23,25,26,28);5H,1-4H3,(H,9,10). The Bertz CT molecular complexity index is 1480. The summed E-state index contributed by atoms with van der Waals surface area (Å²) in [6.45, 7) is 9.21. The van der Waals surface area contributed by atoms with Gasteiger partial charge in [0.25, 0.3) is 0 Å². The lowest BCUT2D eigenvalue weighted by Crippen LogP contribution is -2.36. The number of nitrogens with one attached hydrogen (secondary N) is 4. The van der Waals surface area contributed by atoms with E-state index >= 15 is 0 Å². The second-order valence-corrected chi connectivity index (χ2v) is 10.4. The SMILES string of the molecule is CNc1cc(C(C)(C)C)on1.N=C(c1ccc(N2CCOCC2)nc1)c1c(N)ncnc1Nc1ccc(NC=O)cc1. The third-order valence-corrected chi connectivity index (χ3v) is 6.38. The van der Waals surface area contributed by atoms with Gasteiger partial charge >= 0.3 is 0 Å². The van der Waals surface area contributed by atoms with Gasteiger partial charge in [0.05, 0.1) is 24.5 Å². The highest BCUT2D eigenvalue weighted by molar-refractivity contribution is 6.16. The molecule has 0 aliphatic carbocycles. The smallest absolute Gasteiger partial charge is 0.211 e. The molecule has 220 valence electrons. The van der Waals surface area contributed by atoms with E-state index in [1.54, 1.807) is 30.5 Å². The highest BCUT2D eigenvalue weighted by atomic mass is 16.5. The maximum atomic E-state index is 10.6. The predicted molar refractivity (Wildman–Crippen MR) is 164 cm³/mol. The molecule has 0 radical (unpaired) electrons. The topological polar surface area (TPSA) is 180 Å². The third kappa shape index (κ3) is 7.57. The predicted octanol–water partition coefficient (Wildman–Crippen LogP) is 4.03. The van der Waals surface area contributed by atoms with Gasteiger partial charge in [-0.15, -0.1) is 0 Å². The summed E-state index contributed by atoms with van der Waals surface area (Å²) in [6.07, 6.45) is 3.62. The molecule has 13 heteroatoms. The number of carbonyl (C=O) groups excluding carboxylic acids is 1. The Hall–Kier alpha value is -5.04. The summed E-state index contributed by atoms with van der Waals surface area (Å²) in [5.41, 5.74) is 8.70. The second kappa shape index (κ2) is 13.5. The van der Waals surface area contributed by atoms with Crippen molar-refractivity contribution in [2.75, 3.05) is 59.9 Å². The molecule has 1 aliphatic rings. The van der Waals surface area contributed by atoms with Crippen LogP contribution >= 0.6 is 0 Å². The van der Waals surface area contributed by atoms with Crippen molar-refractivity contribution in [2.24, 2.45) is 0 Å². The molecule has 3 aromatic heterocycles. The van der Waals surface area contributed by atoms with E-state index in [1.807, 2.05) is 25.2 Å². The van der Waals surface area contributed by atoms with E-state index in [2.05, 4.69) is 61.7 Å². The molecule has 5 rings (SSSR count). The summed E-state index contributed by atoms with van der Waals surface area (Å²) in [5, 5.41) is 21.2. The summed E-state index contributed by atoms with van der Waals surface area (Å²) in [4.78, 5) is 25.5. The lowest BCUT2D eigenvalue weighted by Gasteiger charge is -2.27. The Balaban J connectivity index is 0.000000310. The Labute approximate surface area is 244 Å². The Morgan fingerprint density at radius 1 is 1.05 bits per heavy atom. The first-order valence-electron chi connectivity index (χ1n) is 13.4. The molecule has 1 aliphatic heterocycles. The minimum Gasteiger partial charge on any atom is -0.383 e. The van der Waals surface area contributed by atoms with Gasteiger partial charge in [0.1, 0.15) is 29.5 Å². The number of amides is 1. The Kier molecular flexibility index (Phi) is 9.65. The van der Waals surface area contributed by atoms with Gasteiger partial charge in [0.15, 0.2) is 5.82 Å². The van der Waals surface area contributed by atoms with Crippen LogP contribution in [0.5, 0.6) is 0 Å². The largest absolute Gasteiger partial charge is 0.383 e. The molecular weight excluding hydrogens is 536 g/mol. The molecule has 6 N–H and O–H groups in total. The first-order valence-corrected chi connectivity index (χ1v) is 13.4. The number of morpholine rings is 1. The van der Waals surface area contributed by atoms with Gasteiger partial charge in [-0.2, -0.15) is 0 Å². The van der Waals surface area contributed by atoms with Gasteiger partial charge in [0, 0.05) is 54.8 Å². The fraction of sp³-hybridized carbons (Fsp3) is 0.310. The van der Waals surface area contributed by atoms with E-state index in [-0.39, 0.29) is 16.9 Å². The molecule has 1 fully saturated rings. The van der Waals surface area contributed by atoms with E-state index in [4.69, 9.17) is 20.4 Å². The number of nitrogens with two attached hydrogens (primary N) is 1. The lowest BCUT2D eigenvalue weighted by molar-refractivity contribution is -0.105. The van der Waals surface area contributed by atoms with Crippen LogP contribution in [0.15, 0.2) is 59.5 Å². The number of rotatable bonds is 8. The van der Waals surface area contributed by atoms with E-state index in [0.29, 0.717) is 42.3 Å². The minimum absolute atomic E-state index is 0.0437. The molecule has 4 heterocycles. The van der Waals surface area contributed by atoms with Crippen molar-refractivity contribution < 1.29 is 14.1 Å². The monoisotopic (exact) mass is 572 g/mol. The van der Waals surface area contributed by atoms with Crippen molar-refractivity contribution in [3.05, 3.63) is 71.9 Å². The number of anilines is 6. The number of hydrogen-bond acceptors (Lipinski definition) is 12. The number of aromatic nitrogens is 4. The number of nitrogen functional groups attached to an aromatic ring is 1. The molecule has 1 saturated heterocycles. The molecule has 1 amide bonds. The van der Waals surface area contributed by atoms with E-state index in [9.17, 15) is 4.79 Å². The highest BCUT2D eigenvalue weighted by Gasteiger charge is 2.20. The van der Waals surface area contributed by atoms with Gasteiger partial charge in [-0.05, 0) is 36.4 Å². The zero-order chi connectivity index (χ0) is 30.1. The zero-order valence-electron chi connectivity index (χ0n) is 24.1. The minimum atomic E-state index is 0.0437. The van der Waals surface area contributed by atoms with Gasteiger partial charge < -0.3 is 35.8 Å². The lowest BCUT2D eigenvalue weighted by atomic mass is 9.93. The summed E-state index contributed by atoms with van der Waals surface area (Å²) in [5.74, 6) is 3.14. The fourth-order valence-electron chi connectivity index (χ4n) is 4.00. The summed E-state index contributed by atoms with van der Waals surface area (Å²) in [7, 11) is 1.82. The zero-order valence-corrected chi connectivity index (χ0v) is 24.1. The number of nitrogens with zero attached hydrogens (tertiary/aromatic N) is 5. The summed E-state index contributed by atoms with van der Waals surface area (Å²) < 4.78 is 10.5. The van der Waals surface area contributed by atoms with Gasteiger partial charge in [-0.1, -0.05) is 25.9 Å². The van der Waals surface area contributed by atoms with Crippen LogP contribution in [0.25, 0.3) is 0 Å². The molecule has 13 nitrogen and oxygen atoms in total. The van der Waals surface area contributed by atoms with Crippen molar-refractivity contribution in [1.29, 1.82) is 5.41 Å². The molecule has 1 aromatic carbocycles. The van der Waals surface area contributed by atoms with Crippen molar-refractivity contribution in [3.8, 4) is 0 Å². The third-order valence-electron chi connectivity index (χ3n) is 6.38. The number of hydrogen-bond donors (Lipinski definition) is 5. The molecule has 0 unspecified atom stereocenters. The second-order valence-electron chi connectivity index (χ2n) is 10.4. The maximum Gasteiger partial charge on any atom is 0.211 e. The van der Waals surface area contributed by atoms with Crippen molar-refractivity contribution in [1.82, 2.24) is 20.1 Å². The van der Waals surface area contributed by atoms with E-state index in [1.165, 1.54) is 6.33 Å². The number of benzene rings is 1. The molecular formula is C29H36N10O3. The van der Waals surface area contributed by atoms with Gasteiger partial charge in [0.2, 0.25) is 6.41 Å². The molecule has 0 saturated carbocycles. The normalized spacial score (nSPS) is 13.0. The molecule has 42 heavy (non-hydrogen) atoms. The molecule has 4 aromatic rings. The molecule has 0 spiro atoms. The van der Waals surface area contributed by atoms with Crippen LogP contribution in [0.2, 0.25) is 0 Å². The van der Waals surface area contributed by atoms with Crippen LogP contribution in [0.1, 0.15) is 37.7 Å². The first kappa shape index (κ1) is 29.9. The Morgan fingerprint density at radius 3 is 2.33 bits per heavy atom.